The van der Waals surface area contributed by atoms with E-state index in [9.17, 15) is 10.1 Å². The lowest BCUT2D eigenvalue weighted by Crippen LogP contribution is -2.27. The van der Waals surface area contributed by atoms with Crippen molar-refractivity contribution in [3.63, 3.8) is 0 Å². The van der Waals surface area contributed by atoms with Crippen molar-refractivity contribution >= 4 is 21.7 Å². The molecule has 1 atom stereocenters. The highest BCUT2D eigenvalue weighted by atomic mass is 79.9. The number of ketones is 1. The molecule has 0 unspecified atom stereocenters. The fourth-order valence-electron chi connectivity index (χ4n) is 4.02. The SMILES string of the molecule is CCOc1cc([C@H]2C(C#N)=C(N)OC3=C2C(=O)CCC3)ccc1OCc1ccc(Br)cc1. The standard InChI is InChI=1S/C25H23BrN2O4/c1-2-30-22-12-16(8-11-20(22)31-14-15-6-9-17(26)10-7-15)23-18(13-27)25(28)32-21-5-3-4-19(29)24(21)23/h6-12,23H,2-5,14,28H2,1H3/t23-/m0/s1. The Morgan fingerprint density at radius 1 is 1.16 bits per heavy atom. The zero-order valence-corrected chi connectivity index (χ0v) is 19.3. The van der Waals surface area contributed by atoms with Crippen LogP contribution in [0.15, 0.2) is 69.7 Å². The van der Waals surface area contributed by atoms with Crippen LogP contribution < -0.4 is 15.2 Å². The van der Waals surface area contributed by atoms with Gasteiger partial charge in [0.2, 0.25) is 5.88 Å². The molecule has 0 bridgehead atoms. The Labute approximate surface area is 195 Å². The molecule has 1 aliphatic heterocycles. The van der Waals surface area contributed by atoms with Gasteiger partial charge >= 0.3 is 0 Å². The molecule has 7 heteroatoms. The zero-order chi connectivity index (χ0) is 22.7. The molecular weight excluding hydrogens is 472 g/mol. The van der Waals surface area contributed by atoms with Gasteiger partial charge in [-0.2, -0.15) is 5.26 Å². The first-order chi connectivity index (χ1) is 15.5. The van der Waals surface area contributed by atoms with E-state index in [1.165, 1.54) is 0 Å². The van der Waals surface area contributed by atoms with E-state index < -0.39 is 5.92 Å². The van der Waals surface area contributed by atoms with Gasteiger partial charge in [0.1, 0.15) is 24.0 Å². The molecule has 0 saturated heterocycles. The van der Waals surface area contributed by atoms with E-state index in [0.717, 1.165) is 15.6 Å². The van der Waals surface area contributed by atoms with Crippen molar-refractivity contribution in [3.05, 3.63) is 80.9 Å². The highest BCUT2D eigenvalue weighted by molar-refractivity contribution is 9.10. The minimum absolute atomic E-state index is 0.00924. The van der Waals surface area contributed by atoms with Crippen LogP contribution in [-0.4, -0.2) is 12.4 Å². The number of rotatable bonds is 6. The molecule has 164 valence electrons. The average Bonchev–Trinajstić information content (AvgIpc) is 2.79. The number of benzene rings is 2. The van der Waals surface area contributed by atoms with Crippen LogP contribution in [0.5, 0.6) is 11.5 Å². The van der Waals surface area contributed by atoms with Gasteiger partial charge in [0.25, 0.3) is 0 Å². The third-order valence-electron chi connectivity index (χ3n) is 5.51. The summed E-state index contributed by atoms with van der Waals surface area (Å²) < 4.78 is 18.5. The molecular formula is C25H23BrN2O4. The fourth-order valence-corrected chi connectivity index (χ4v) is 4.29. The number of halogens is 1. The van der Waals surface area contributed by atoms with Gasteiger partial charge in [0, 0.05) is 22.9 Å². The van der Waals surface area contributed by atoms with Crippen LogP contribution in [0.1, 0.15) is 43.2 Å². The normalized spacial score (nSPS) is 18.0. The van der Waals surface area contributed by atoms with Gasteiger partial charge in [-0.15, -0.1) is 0 Å². The second kappa shape index (κ2) is 9.49. The lowest BCUT2D eigenvalue weighted by atomic mass is 9.77. The maximum atomic E-state index is 12.8. The molecule has 1 aliphatic carbocycles. The smallest absolute Gasteiger partial charge is 0.205 e. The van der Waals surface area contributed by atoms with Crippen molar-refractivity contribution < 1.29 is 19.0 Å². The van der Waals surface area contributed by atoms with E-state index in [0.29, 0.717) is 55.3 Å². The summed E-state index contributed by atoms with van der Waals surface area (Å²) in [7, 11) is 0. The summed E-state index contributed by atoms with van der Waals surface area (Å²) in [5.41, 5.74) is 8.58. The van der Waals surface area contributed by atoms with Crippen molar-refractivity contribution in [2.75, 3.05) is 6.61 Å². The molecule has 0 aromatic heterocycles. The van der Waals surface area contributed by atoms with Gasteiger partial charge in [-0.1, -0.05) is 34.1 Å². The van der Waals surface area contributed by atoms with Crippen LogP contribution in [0.3, 0.4) is 0 Å². The van der Waals surface area contributed by atoms with E-state index in [1.807, 2.05) is 49.4 Å². The van der Waals surface area contributed by atoms with Crippen molar-refractivity contribution in [1.29, 1.82) is 5.26 Å². The van der Waals surface area contributed by atoms with Gasteiger partial charge in [0.15, 0.2) is 17.3 Å². The van der Waals surface area contributed by atoms with Crippen molar-refractivity contribution in [1.82, 2.24) is 0 Å². The monoisotopic (exact) mass is 494 g/mol. The Morgan fingerprint density at radius 3 is 2.66 bits per heavy atom. The number of nitrogens with two attached hydrogens (primary N) is 1. The summed E-state index contributed by atoms with van der Waals surface area (Å²) >= 11 is 3.43. The lowest BCUT2D eigenvalue weighted by Gasteiger charge is -2.31. The topological polar surface area (TPSA) is 94.6 Å². The first-order valence-corrected chi connectivity index (χ1v) is 11.3. The predicted octanol–water partition coefficient (Wildman–Crippen LogP) is 5.24. The number of ether oxygens (including phenoxy) is 3. The number of hydrogen-bond acceptors (Lipinski definition) is 6. The minimum atomic E-state index is -0.573. The second-order valence-electron chi connectivity index (χ2n) is 7.59. The van der Waals surface area contributed by atoms with Gasteiger partial charge in [-0.3, -0.25) is 4.79 Å². The fraction of sp³-hybridized carbons (Fsp3) is 0.280. The molecule has 0 radical (unpaired) electrons. The maximum Gasteiger partial charge on any atom is 0.205 e. The molecule has 0 fully saturated rings. The molecule has 2 aromatic rings. The number of nitriles is 1. The maximum absolute atomic E-state index is 12.8. The quantitative estimate of drug-likeness (QED) is 0.589. The van der Waals surface area contributed by atoms with Crippen LogP contribution in [0.2, 0.25) is 0 Å². The minimum Gasteiger partial charge on any atom is -0.490 e. The number of Topliss-reactive ketones (excluding diaryl/α,β-unsaturated/α-hetero) is 1. The molecule has 1 heterocycles. The first kappa shape index (κ1) is 22.0. The molecule has 2 aliphatic rings. The molecule has 2 N–H and O–H groups in total. The molecule has 0 spiro atoms. The Bertz CT molecular complexity index is 1150. The molecule has 0 saturated carbocycles. The highest BCUT2D eigenvalue weighted by Crippen LogP contribution is 2.45. The largest absolute Gasteiger partial charge is 0.490 e. The molecule has 32 heavy (non-hydrogen) atoms. The zero-order valence-electron chi connectivity index (χ0n) is 17.7. The Morgan fingerprint density at radius 2 is 1.94 bits per heavy atom. The van der Waals surface area contributed by atoms with Gasteiger partial charge in [-0.05, 0) is 48.7 Å². The number of carbonyl (C=O) groups is 1. The van der Waals surface area contributed by atoms with Crippen LogP contribution >= 0.6 is 15.9 Å². The van der Waals surface area contributed by atoms with Gasteiger partial charge < -0.3 is 19.9 Å². The van der Waals surface area contributed by atoms with Crippen molar-refractivity contribution in [2.24, 2.45) is 5.73 Å². The molecule has 4 rings (SSSR count). The summed E-state index contributed by atoms with van der Waals surface area (Å²) in [6.45, 7) is 2.72. The van der Waals surface area contributed by atoms with Crippen LogP contribution in [0, 0.1) is 11.3 Å². The molecule has 0 amide bonds. The predicted molar refractivity (Wildman–Crippen MR) is 123 cm³/mol. The highest BCUT2D eigenvalue weighted by Gasteiger charge is 2.38. The van der Waals surface area contributed by atoms with E-state index in [-0.39, 0.29) is 17.2 Å². The van der Waals surface area contributed by atoms with Crippen LogP contribution in [0.4, 0.5) is 0 Å². The van der Waals surface area contributed by atoms with Crippen LogP contribution in [-0.2, 0) is 16.1 Å². The third kappa shape index (κ3) is 4.37. The average molecular weight is 495 g/mol. The van der Waals surface area contributed by atoms with Crippen LogP contribution in [0.25, 0.3) is 0 Å². The van der Waals surface area contributed by atoms with E-state index >= 15 is 0 Å². The number of hydrogen-bond donors (Lipinski definition) is 1. The Balaban J connectivity index is 1.69. The molecule has 6 nitrogen and oxygen atoms in total. The van der Waals surface area contributed by atoms with Gasteiger partial charge in [-0.25, -0.2) is 0 Å². The van der Waals surface area contributed by atoms with E-state index in [4.69, 9.17) is 19.9 Å². The summed E-state index contributed by atoms with van der Waals surface area (Å²) in [5, 5.41) is 9.77. The molecule has 2 aromatic carbocycles. The summed E-state index contributed by atoms with van der Waals surface area (Å²) in [6, 6.07) is 15.5. The third-order valence-corrected chi connectivity index (χ3v) is 6.04. The summed E-state index contributed by atoms with van der Waals surface area (Å²) in [6.07, 6.45) is 1.78. The Kier molecular flexibility index (Phi) is 6.52. The number of carbonyl (C=O) groups excluding carboxylic acids is 1. The number of nitrogens with zero attached hydrogens (tertiary/aromatic N) is 1. The second-order valence-corrected chi connectivity index (χ2v) is 8.51. The lowest BCUT2D eigenvalue weighted by molar-refractivity contribution is -0.116. The van der Waals surface area contributed by atoms with E-state index in [1.54, 1.807) is 0 Å². The Hall–Kier alpha value is -3.24. The summed E-state index contributed by atoms with van der Waals surface area (Å²) in [4.78, 5) is 12.8. The van der Waals surface area contributed by atoms with Crippen molar-refractivity contribution in [3.8, 4) is 17.6 Å². The van der Waals surface area contributed by atoms with E-state index in [2.05, 4.69) is 22.0 Å². The summed E-state index contributed by atoms with van der Waals surface area (Å²) in [5.74, 6) is 1.18. The van der Waals surface area contributed by atoms with Gasteiger partial charge in [0.05, 0.1) is 12.5 Å². The van der Waals surface area contributed by atoms with Crippen molar-refractivity contribution in [2.45, 2.75) is 38.7 Å². The first-order valence-electron chi connectivity index (χ1n) is 10.5. The number of allylic oxidation sites excluding steroid dienone is 3.